The molecule has 1 fully saturated rings. The number of nitrogens with zero attached hydrogens (tertiary/aromatic N) is 5. The predicted octanol–water partition coefficient (Wildman–Crippen LogP) is 3.96. The van der Waals surface area contributed by atoms with Gasteiger partial charge in [0.2, 0.25) is 0 Å². The van der Waals surface area contributed by atoms with E-state index in [4.69, 9.17) is 10.7 Å². The molecule has 4 heterocycles. The van der Waals surface area contributed by atoms with Crippen LogP contribution in [-0.2, 0) is 26.1 Å². The number of amides is 2. The van der Waals surface area contributed by atoms with Gasteiger partial charge >= 0.3 is 6.03 Å². The molecule has 8 nitrogen and oxygen atoms in total. The third kappa shape index (κ3) is 3.87. The van der Waals surface area contributed by atoms with E-state index in [1.807, 2.05) is 10.9 Å². The topological polar surface area (TPSA) is 92.3 Å². The number of piperidine rings is 1. The number of rotatable bonds is 6. The number of benzene rings is 1. The number of likely N-dealkylation sites (tertiary alicyclic amines) is 1. The van der Waals surface area contributed by atoms with E-state index in [-0.39, 0.29) is 12.1 Å². The molecule has 2 aliphatic rings. The zero-order valence-electron chi connectivity index (χ0n) is 20.0. The van der Waals surface area contributed by atoms with E-state index >= 15 is 0 Å². The van der Waals surface area contributed by atoms with Gasteiger partial charge in [-0.15, -0.1) is 0 Å². The van der Waals surface area contributed by atoms with Crippen LogP contribution in [-0.4, -0.2) is 49.7 Å². The van der Waals surface area contributed by atoms with E-state index in [9.17, 15) is 4.79 Å². The highest BCUT2D eigenvalue weighted by atomic mass is 16.2. The van der Waals surface area contributed by atoms with E-state index in [2.05, 4.69) is 60.0 Å². The second-order valence-electron chi connectivity index (χ2n) is 9.17. The fourth-order valence-corrected chi connectivity index (χ4v) is 5.24. The van der Waals surface area contributed by atoms with Gasteiger partial charge in [0.25, 0.3) is 0 Å². The Morgan fingerprint density at radius 2 is 2.00 bits per heavy atom. The first-order valence-electron chi connectivity index (χ1n) is 12.2. The maximum atomic E-state index is 11.6. The van der Waals surface area contributed by atoms with Crippen LogP contribution in [0.2, 0.25) is 0 Å². The molecule has 0 radical (unpaired) electrons. The summed E-state index contributed by atoms with van der Waals surface area (Å²) >= 11 is 0. The molecule has 8 heteroatoms. The van der Waals surface area contributed by atoms with Crippen molar-refractivity contribution in [3.05, 3.63) is 59.4 Å². The summed E-state index contributed by atoms with van der Waals surface area (Å²) in [6.07, 6.45) is 4.49. The average molecular weight is 460 g/mol. The fourth-order valence-electron chi connectivity index (χ4n) is 5.24. The van der Waals surface area contributed by atoms with E-state index in [0.717, 1.165) is 67.0 Å². The first kappa shape index (κ1) is 22.3. The Kier molecular flexibility index (Phi) is 5.89. The summed E-state index contributed by atoms with van der Waals surface area (Å²) in [4.78, 5) is 20.7. The highest BCUT2D eigenvalue weighted by molar-refractivity contribution is 5.91. The predicted molar refractivity (Wildman–Crippen MR) is 135 cm³/mol. The summed E-state index contributed by atoms with van der Waals surface area (Å²) < 4.78 is 1.96. The SMILES string of the molecule is C=C1c2ccccc2CN1Cc1c(CC)nc2c(cnn2CC)c1NC1CCN(C(N)=O)CC1. The number of aryl methyl sites for hydroxylation is 2. The third-order valence-corrected chi connectivity index (χ3v) is 7.18. The smallest absolute Gasteiger partial charge is 0.314 e. The average Bonchev–Trinajstić information content (AvgIpc) is 3.41. The Hall–Kier alpha value is -3.55. The maximum absolute atomic E-state index is 11.6. The Balaban J connectivity index is 1.51. The zero-order valence-corrected chi connectivity index (χ0v) is 20.0. The minimum absolute atomic E-state index is 0.258. The highest BCUT2D eigenvalue weighted by Crippen LogP contribution is 2.37. The van der Waals surface area contributed by atoms with Crippen molar-refractivity contribution >= 4 is 28.4 Å². The van der Waals surface area contributed by atoms with Gasteiger partial charge in [-0.25, -0.2) is 14.5 Å². The van der Waals surface area contributed by atoms with Crippen molar-refractivity contribution in [3.63, 3.8) is 0 Å². The van der Waals surface area contributed by atoms with Crippen molar-refractivity contribution in [3.8, 4) is 0 Å². The number of hydrogen-bond acceptors (Lipinski definition) is 5. The molecule has 3 aromatic rings. The van der Waals surface area contributed by atoms with Crippen LogP contribution in [0, 0.1) is 0 Å². The van der Waals surface area contributed by atoms with Gasteiger partial charge in [0.15, 0.2) is 5.65 Å². The molecule has 2 amide bonds. The second kappa shape index (κ2) is 9.00. The molecule has 3 N–H and O–H groups in total. The summed E-state index contributed by atoms with van der Waals surface area (Å²) in [6.45, 7) is 12.3. The lowest BCUT2D eigenvalue weighted by atomic mass is 10.0. The number of carbonyl (C=O) groups is 1. The Bertz CT molecular complexity index is 1240. The monoisotopic (exact) mass is 459 g/mol. The van der Waals surface area contributed by atoms with Crippen molar-refractivity contribution < 1.29 is 4.79 Å². The van der Waals surface area contributed by atoms with Crippen molar-refractivity contribution in [2.75, 3.05) is 18.4 Å². The molecular weight excluding hydrogens is 426 g/mol. The number of carbonyl (C=O) groups excluding carboxylic acids is 1. The van der Waals surface area contributed by atoms with Gasteiger partial charge in [-0.2, -0.15) is 5.10 Å². The number of nitrogens with two attached hydrogens (primary N) is 1. The molecule has 5 rings (SSSR count). The van der Waals surface area contributed by atoms with Crippen LogP contribution in [0.1, 0.15) is 49.1 Å². The van der Waals surface area contributed by atoms with Crippen LogP contribution in [0.25, 0.3) is 16.7 Å². The number of anilines is 1. The number of aromatic nitrogens is 3. The van der Waals surface area contributed by atoms with E-state index < -0.39 is 0 Å². The summed E-state index contributed by atoms with van der Waals surface area (Å²) in [6, 6.07) is 8.41. The fraction of sp³-hybridized carbons (Fsp3) is 0.423. The van der Waals surface area contributed by atoms with Crippen molar-refractivity contribution in [2.24, 2.45) is 5.73 Å². The van der Waals surface area contributed by atoms with Gasteiger partial charge in [-0.05, 0) is 31.7 Å². The second-order valence-corrected chi connectivity index (χ2v) is 9.17. The van der Waals surface area contributed by atoms with E-state index in [1.54, 1.807) is 4.90 Å². The summed E-state index contributed by atoms with van der Waals surface area (Å²) in [5.41, 5.74) is 13.4. The zero-order chi connectivity index (χ0) is 23.8. The molecule has 0 unspecified atom stereocenters. The molecule has 34 heavy (non-hydrogen) atoms. The highest BCUT2D eigenvalue weighted by Gasteiger charge is 2.28. The maximum Gasteiger partial charge on any atom is 0.314 e. The summed E-state index contributed by atoms with van der Waals surface area (Å²) in [7, 11) is 0. The van der Waals surface area contributed by atoms with Gasteiger partial charge < -0.3 is 20.9 Å². The van der Waals surface area contributed by atoms with Gasteiger partial charge in [-0.3, -0.25) is 0 Å². The number of hydrogen-bond donors (Lipinski definition) is 2. The van der Waals surface area contributed by atoms with E-state index in [1.165, 1.54) is 16.7 Å². The summed E-state index contributed by atoms with van der Waals surface area (Å²) in [5, 5.41) is 9.51. The van der Waals surface area contributed by atoms with Gasteiger partial charge in [0, 0.05) is 61.3 Å². The lowest BCUT2D eigenvalue weighted by Crippen LogP contribution is -2.44. The minimum Gasteiger partial charge on any atom is -0.381 e. The molecule has 0 aliphatic carbocycles. The lowest BCUT2D eigenvalue weighted by molar-refractivity contribution is 0.193. The lowest BCUT2D eigenvalue weighted by Gasteiger charge is -2.33. The van der Waals surface area contributed by atoms with Gasteiger partial charge in [0.1, 0.15) is 0 Å². The van der Waals surface area contributed by atoms with Crippen LogP contribution < -0.4 is 11.1 Å². The Labute approximate surface area is 200 Å². The van der Waals surface area contributed by atoms with Crippen molar-refractivity contribution in [1.29, 1.82) is 0 Å². The molecule has 0 spiro atoms. The molecule has 1 aromatic carbocycles. The first-order valence-corrected chi connectivity index (χ1v) is 12.2. The number of urea groups is 1. The van der Waals surface area contributed by atoms with Crippen LogP contribution in [0.15, 0.2) is 37.0 Å². The molecule has 1 saturated heterocycles. The molecule has 2 aromatic heterocycles. The molecule has 2 aliphatic heterocycles. The van der Waals surface area contributed by atoms with Crippen molar-refractivity contribution in [1.82, 2.24) is 24.6 Å². The van der Waals surface area contributed by atoms with E-state index in [0.29, 0.717) is 13.1 Å². The first-order chi connectivity index (χ1) is 16.5. The quantitative estimate of drug-likeness (QED) is 0.582. The molecule has 0 atom stereocenters. The Morgan fingerprint density at radius 3 is 2.68 bits per heavy atom. The standard InChI is InChI=1S/C26H33N7O/c1-4-23-22(16-32-15-18-8-6-7-9-20(18)17(32)3)24(21-14-28-33(5-2)25(21)30-23)29-19-10-12-31(13-11-19)26(27)34/h6-9,14,19H,3-5,10-13,15-16H2,1-2H3,(H2,27,34)(H,29,30). The largest absolute Gasteiger partial charge is 0.381 e. The van der Waals surface area contributed by atoms with Gasteiger partial charge in [-0.1, -0.05) is 37.8 Å². The molecule has 178 valence electrons. The number of fused-ring (bicyclic) bond motifs is 2. The van der Waals surface area contributed by atoms with Gasteiger partial charge in [0.05, 0.1) is 17.3 Å². The van der Waals surface area contributed by atoms with Crippen LogP contribution in [0.4, 0.5) is 10.5 Å². The molecular formula is C26H33N7O. The number of pyridine rings is 1. The van der Waals surface area contributed by atoms with Crippen LogP contribution in [0.3, 0.4) is 0 Å². The number of nitrogens with one attached hydrogen (secondary N) is 1. The molecule has 0 bridgehead atoms. The van der Waals surface area contributed by atoms with Crippen LogP contribution in [0.5, 0.6) is 0 Å². The summed E-state index contributed by atoms with van der Waals surface area (Å²) in [5.74, 6) is 0. The molecule has 0 saturated carbocycles. The van der Waals surface area contributed by atoms with Crippen LogP contribution >= 0.6 is 0 Å². The normalized spacial score (nSPS) is 16.4. The minimum atomic E-state index is -0.338. The third-order valence-electron chi connectivity index (χ3n) is 7.18. The number of primary amides is 1. The van der Waals surface area contributed by atoms with Crippen molar-refractivity contribution in [2.45, 2.75) is 58.8 Å². The Morgan fingerprint density at radius 1 is 1.24 bits per heavy atom.